The van der Waals surface area contributed by atoms with E-state index in [9.17, 15) is 0 Å². The fourth-order valence-corrected chi connectivity index (χ4v) is 7.77. The van der Waals surface area contributed by atoms with Crippen LogP contribution in [0.25, 0.3) is 0 Å². The number of thioether (sulfide) groups is 1. The number of hydrogen-bond acceptors (Lipinski definition) is 3. The first-order valence-electron chi connectivity index (χ1n) is 18.1. The Bertz CT molecular complexity index is 456. The van der Waals surface area contributed by atoms with Crippen LogP contribution in [-0.4, -0.2) is 36.9 Å². The van der Waals surface area contributed by atoms with Gasteiger partial charge in [0.25, 0.3) is 0 Å². The molecule has 4 atom stereocenters. The Balaban J connectivity index is 1.16. The summed E-state index contributed by atoms with van der Waals surface area (Å²) >= 11 is 2.22. The predicted molar refractivity (Wildman–Crippen MR) is 175 cm³/mol. The topological polar surface area (TPSA) is 18.5 Å². The quantitative estimate of drug-likeness (QED) is 0.0877. The van der Waals surface area contributed by atoms with Crippen molar-refractivity contribution in [2.24, 2.45) is 11.8 Å². The fraction of sp³-hybridized carbons (Fsp3) is 1.00. The van der Waals surface area contributed by atoms with Crippen molar-refractivity contribution in [2.75, 3.05) is 24.7 Å². The molecule has 2 rings (SSSR count). The Morgan fingerprint density at radius 1 is 0.462 bits per heavy atom. The molecule has 0 aromatic heterocycles. The maximum Gasteiger partial charge on any atom is 0.0601 e. The second kappa shape index (κ2) is 25.9. The lowest BCUT2D eigenvalue weighted by atomic mass is 9.95. The molecule has 0 aromatic carbocycles. The van der Waals surface area contributed by atoms with E-state index in [0.29, 0.717) is 12.2 Å². The minimum atomic E-state index is 0.574. The molecule has 2 aliphatic heterocycles. The van der Waals surface area contributed by atoms with Gasteiger partial charge in [0.15, 0.2) is 0 Å². The van der Waals surface area contributed by atoms with Crippen LogP contribution in [0.3, 0.4) is 0 Å². The molecule has 39 heavy (non-hydrogen) atoms. The molecule has 0 N–H and O–H groups in total. The van der Waals surface area contributed by atoms with Crippen molar-refractivity contribution in [1.29, 1.82) is 0 Å². The van der Waals surface area contributed by atoms with Crippen molar-refractivity contribution < 1.29 is 9.47 Å². The Morgan fingerprint density at radius 3 is 1.08 bits per heavy atom. The van der Waals surface area contributed by atoms with Gasteiger partial charge in [0.05, 0.1) is 12.2 Å². The van der Waals surface area contributed by atoms with Gasteiger partial charge in [-0.2, -0.15) is 11.8 Å². The summed E-state index contributed by atoms with van der Waals surface area (Å²) in [5, 5.41) is 0. The molecule has 0 radical (unpaired) electrons. The molecule has 2 nitrogen and oxygen atoms in total. The van der Waals surface area contributed by atoms with E-state index in [1.54, 1.807) is 0 Å². The average Bonchev–Trinajstić information content (AvgIpc) is 3.68. The van der Waals surface area contributed by atoms with E-state index in [-0.39, 0.29) is 0 Å². The van der Waals surface area contributed by atoms with E-state index in [1.165, 1.54) is 178 Å². The number of hydrogen-bond donors (Lipinski definition) is 0. The van der Waals surface area contributed by atoms with Crippen molar-refractivity contribution in [3.63, 3.8) is 0 Å². The molecular formula is C36H70O2S. The fourth-order valence-electron chi connectivity index (χ4n) is 6.75. The third-order valence-electron chi connectivity index (χ3n) is 9.60. The summed E-state index contributed by atoms with van der Waals surface area (Å²) in [7, 11) is 0. The van der Waals surface area contributed by atoms with E-state index in [1.807, 2.05) is 0 Å². The SMILES string of the molecule is CC(CCCCCCCCCCCCSCCCCCCCCCCCCC(C)C1CCCO1)C1CCCO1. The van der Waals surface area contributed by atoms with E-state index in [2.05, 4.69) is 25.6 Å². The number of rotatable bonds is 28. The summed E-state index contributed by atoms with van der Waals surface area (Å²) in [5.41, 5.74) is 0. The van der Waals surface area contributed by atoms with Crippen LogP contribution in [0, 0.1) is 11.8 Å². The third kappa shape index (κ3) is 19.9. The zero-order valence-electron chi connectivity index (χ0n) is 26.7. The van der Waals surface area contributed by atoms with Crippen molar-refractivity contribution in [2.45, 2.75) is 193 Å². The third-order valence-corrected chi connectivity index (χ3v) is 10.8. The molecule has 4 unspecified atom stereocenters. The van der Waals surface area contributed by atoms with Gasteiger partial charge in [-0.25, -0.2) is 0 Å². The molecule has 0 bridgehead atoms. The lowest BCUT2D eigenvalue weighted by Gasteiger charge is -2.18. The molecule has 2 heterocycles. The maximum absolute atomic E-state index is 5.83. The predicted octanol–water partition coefficient (Wildman–Crippen LogP) is 11.9. The highest BCUT2D eigenvalue weighted by Gasteiger charge is 2.22. The molecule has 3 heteroatoms. The Labute approximate surface area is 250 Å². The van der Waals surface area contributed by atoms with Crippen LogP contribution in [0.5, 0.6) is 0 Å². The second-order valence-corrected chi connectivity index (χ2v) is 14.5. The van der Waals surface area contributed by atoms with Gasteiger partial charge in [0.2, 0.25) is 0 Å². The number of ether oxygens (including phenoxy) is 2. The summed E-state index contributed by atoms with van der Waals surface area (Å²) in [6, 6.07) is 0. The molecule has 0 aliphatic carbocycles. The minimum absolute atomic E-state index is 0.574. The Kier molecular flexibility index (Phi) is 23.6. The summed E-state index contributed by atoms with van der Waals surface area (Å²) in [4.78, 5) is 0. The van der Waals surface area contributed by atoms with Gasteiger partial charge in [0, 0.05) is 13.2 Å². The first-order chi connectivity index (χ1) is 19.3. The normalized spacial score (nSPS) is 21.1. The van der Waals surface area contributed by atoms with Crippen molar-refractivity contribution in [3.05, 3.63) is 0 Å². The monoisotopic (exact) mass is 567 g/mol. The summed E-state index contributed by atoms with van der Waals surface area (Å²) in [5.74, 6) is 4.36. The summed E-state index contributed by atoms with van der Waals surface area (Å²) in [6.45, 7) is 6.81. The van der Waals surface area contributed by atoms with Crippen LogP contribution >= 0.6 is 11.8 Å². The molecule has 0 saturated carbocycles. The van der Waals surface area contributed by atoms with Crippen LogP contribution in [0.1, 0.15) is 181 Å². The highest BCUT2D eigenvalue weighted by molar-refractivity contribution is 7.99. The van der Waals surface area contributed by atoms with Crippen molar-refractivity contribution in [1.82, 2.24) is 0 Å². The second-order valence-electron chi connectivity index (χ2n) is 13.3. The van der Waals surface area contributed by atoms with Gasteiger partial charge in [-0.3, -0.25) is 0 Å². The van der Waals surface area contributed by atoms with Gasteiger partial charge in [-0.1, -0.05) is 129 Å². The Morgan fingerprint density at radius 2 is 0.769 bits per heavy atom. The zero-order chi connectivity index (χ0) is 27.6. The first kappa shape index (κ1) is 35.5. The van der Waals surface area contributed by atoms with E-state index in [4.69, 9.17) is 9.47 Å². The van der Waals surface area contributed by atoms with E-state index >= 15 is 0 Å². The molecule has 2 aliphatic rings. The van der Waals surface area contributed by atoms with Crippen molar-refractivity contribution >= 4 is 11.8 Å². The molecule has 0 spiro atoms. The molecule has 2 saturated heterocycles. The van der Waals surface area contributed by atoms with Gasteiger partial charge in [-0.05, 0) is 74.7 Å². The average molecular weight is 567 g/mol. The molecule has 0 amide bonds. The lowest BCUT2D eigenvalue weighted by molar-refractivity contribution is 0.0652. The lowest BCUT2D eigenvalue weighted by Crippen LogP contribution is -2.16. The van der Waals surface area contributed by atoms with Gasteiger partial charge in [0.1, 0.15) is 0 Å². The first-order valence-corrected chi connectivity index (χ1v) is 19.2. The minimum Gasteiger partial charge on any atom is -0.378 e. The smallest absolute Gasteiger partial charge is 0.0601 e. The zero-order valence-corrected chi connectivity index (χ0v) is 27.6. The van der Waals surface area contributed by atoms with Crippen LogP contribution in [0.2, 0.25) is 0 Å². The Hall–Kier alpha value is 0.270. The summed E-state index contributed by atoms with van der Waals surface area (Å²) in [6.07, 6.45) is 38.1. The number of unbranched alkanes of at least 4 members (excludes halogenated alkanes) is 18. The van der Waals surface area contributed by atoms with Crippen LogP contribution in [0.15, 0.2) is 0 Å². The van der Waals surface area contributed by atoms with Crippen LogP contribution < -0.4 is 0 Å². The molecule has 0 aromatic rings. The van der Waals surface area contributed by atoms with E-state index < -0.39 is 0 Å². The van der Waals surface area contributed by atoms with Gasteiger partial charge in [-0.15, -0.1) is 0 Å². The van der Waals surface area contributed by atoms with Gasteiger partial charge < -0.3 is 9.47 Å². The van der Waals surface area contributed by atoms with Crippen LogP contribution in [0.4, 0.5) is 0 Å². The molecular weight excluding hydrogens is 496 g/mol. The highest BCUT2D eigenvalue weighted by atomic mass is 32.2. The highest BCUT2D eigenvalue weighted by Crippen LogP contribution is 2.26. The van der Waals surface area contributed by atoms with Gasteiger partial charge >= 0.3 is 0 Å². The van der Waals surface area contributed by atoms with Crippen molar-refractivity contribution in [3.8, 4) is 0 Å². The maximum atomic E-state index is 5.83. The van der Waals surface area contributed by atoms with E-state index in [0.717, 1.165) is 25.0 Å². The van der Waals surface area contributed by atoms with Crippen LogP contribution in [-0.2, 0) is 9.47 Å². The largest absolute Gasteiger partial charge is 0.378 e. The molecule has 2 fully saturated rings. The standard InChI is InChI=1S/C36H70O2S/c1-33(35-27-23-29-37-35)25-19-15-11-7-3-5-9-13-17-21-31-39-32-22-18-14-10-6-4-8-12-16-20-26-34(2)36-28-24-30-38-36/h33-36H,3-32H2,1-2H3. The summed E-state index contributed by atoms with van der Waals surface area (Å²) < 4.78 is 11.7. The molecule has 232 valence electrons.